The maximum atomic E-state index is 9.70. The maximum Gasteiger partial charge on any atom is 0.0791 e. The molecular formula is C12H21N3O. The number of likely N-dealkylation sites (N-methyl/N-ethyl adjacent to an activating group) is 2. The molecule has 0 saturated carbocycles. The van der Waals surface area contributed by atoms with Gasteiger partial charge >= 0.3 is 0 Å². The van der Waals surface area contributed by atoms with Gasteiger partial charge in [-0.3, -0.25) is 9.88 Å². The van der Waals surface area contributed by atoms with Crippen LogP contribution in [0.25, 0.3) is 0 Å². The summed E-state index contributed by atoms with van der Waals surface area (Å²) in [4.78, 5) is 6.47. The maximum absolute atomic E-state index is 9.70. The van der Waals surface area contributed by atoms with Crippen molar-refractivity contribution in [3.05, 3.63) is 30.1 Å². The van der Waals surface area contributed by atoms with Gasteiger partial charge in [-0.25, -0.2) is 0 Å². The number of aliphatic hydroxyl groups excluding tert-OH is 1. The van der Waals surface area contributed by atoms with E-state index in [4.69, 9.17) is 0 Å². The highest BCUT2D eigenvalue weighted by Crippen LogP contribution is 2.01. The Morgan fingerprint density at radius 2 is 2.31 bits per heavy atom. The number of hydrogen-bond donors (Lipinski definition) is 2. The van der Waals surface area contributed by atoms with Crippen molar-refractivity contribution in [1.82, 2.24) is 15.2 Å². The lowest BCUT2D eigenvalue weighted by atomic mass is 10.3. The molecule has 0 aliphatic heterocycles. The largest absolute Gasteiger partial charge is 0.390 e. The van der Waals surface area contributed by atoms with Crippen molar-refractivity contribution in [3.63, 3.8) is 0 Å². The molecule has 0 bridgehead atoms. The molecule has 1 heterocycles. The van der Waals surface area contributed by atoms with Crippen LogP contribution in [0.15, 0.2) is 24.4 Å². The average Bonchev–Trinajstić information content (AvgIpc) is 2.30. The standard InChI is InChI=1S/C12H21N3O/c1-3-15(10-12(16)8-13-2)9-11-6-4-5-7-14-11/h4-7,12-13,16H,3,8-10H2,1-2H3. The van der Waals surface area contributed by atoms with Crippen LogP contribution in [-0.4, -0.2) is 47.8 Å². The molecule has 0 aromatic carbocycles. The number of nitrogens with one attached hydrogen (secondary N) is 1. The quantitative estimate of drug-likeness (QED) is 0.706. The molecule has 0 amide bonds. The topological polar surface area (TPSA) is 48.4 Å². The second kappa shape index (κ2) is 7.33. The predicted molar refractivity (Wildman–Crippen MR) is 65.1 cm³/mol. The normalized spacial score (nSPS) is 13.0. The number of nitrogens with zero attached hydrogens (tertiary/aromatic N) is 2. The summed E-state index contributed by atoms with van der Waals surface area (Å²) >= 11 is 0. The van der Waals surface area contributed by atoms with Gasteiger partial charge in [0.15, 0.2) is 0 Å². The van der Waals surface area contributed by atoms with Crippen LogP contribution >= 0.6 is 0 Å². The second-order valence-electron chi connectivity index (χ2n) is 3.86. The van der Waals surface area contributed by atoms with Gasteiger partial charge in [0.05, 0.1) is 11.8 Å². The van der Waals surface area contributed by atoms with E-state index in [1.54, 1.807) is 6.20 Å². The lowest BCUT2D eigenvalue weighted by Crippen LogP contribution is -2.37. The summed E-state index contributed by atoms with van der Waals surface area (Å²) in [5.41, 5.74) is 1.04. The third-order valence-electron chi connectivity index (χ3n) is 2.47. The number of pyridine rings is 1. The van der Waals surface area contributed by atoms with E-state index < -0.39 is 0 Å². The van der Waals surface area contributed by atoms with Crippen LogP contribution in [0.4, 0.5) is 0 Å². The molecule has 2 N–H and O–H groups in total. The van der Waals surface area contributed by atoms with Crippen molar-refractivity contribution in [1.29, 1.82) is 0 Å². The number of aromatic nitrogens is 1. The Hall–Kier alpha value is -0.970. The van der Waals surface area contributed by atoms with Crippen LogP contribution in [0.3, 0.4) is 0 Å². The van der Waals surface area contributed by atoms with Gasteiger partial charge in [0.1, 0.15) is 0 Å². The van der Waals surface area contributed by atoms with Gasteiger partial charge in [-0.15, -0.1) is 0 Å². The van der Waals surface area contributed by atoms with Crippen molar-refractivity contribution in [3.8, 4) is 0 Å². The summed E-state index contributed by atoms with van der Waals surface area (Å²) in [5.74, 6) is 0. The highest BCUT2D eigenvalue weighted by molar-refractivity contribution is 5.03. The first-order chi connectivity index (χ1) is 7.76. The molecule has 0 aliphatic carbocycles. The summed E-state index contributed by atoms with van der Waals surface area (Å²) < 4.78 is 0. The van der Waals surface area contributed by atoms with Crippen LogP contribution in [0, 0.1) is 0 Å². The minimum Gasteiger partial charge on any atom is -0.390 e. The first-order valence-corrected chi connectivity index (χ1v) is 5.71. The molecule has 1 atom stereocenters. The van der Waals surface area contributed by atoms with Crippen molar-refractivity contribution < 1.29 is 5.11 Å². The molecular weight excluding hydrogens is 202 g/mol. The molecule has 1 rings (SSSR count). The third kappa shape index (κ3) is 4.70. The lowest BCUT2D eigenvalue weighted by Gasteiger charge is -2.23. The predicted octanol–water partition coefficient (Wildman–Crippen LogP) is 0.484. The fraction of sp³-hybridized carbons (Fsp3) is 0.583. The van der Waals surface area contributed by atoms with E-state index in [0.29, 0.717) is 13.1 Å². The van der Waals surface area contributed by atoms with Gasteiger partial charge in [-0.05, 0) is 25.7 Å². The molecule has 0 fully saturated rings. The van der Waals surface area contributed by atoms with E-state index in [2.05, 4.69) is 22.1 Å². The molecule has 90 valence electrons. The average molecular weight is 223 g/mol. The Morgan fingerprint density at radius 1 is 1.50 bits per heavy atom. The van der Waals surface area contributed by atoms with E-state index in [1.165, 1.54) is 0 Å². The molecule has 1 aromatic heterocycles. The Balaban J connectivity index is 2.43. The zero-order valence-electron chi connectivity index (χ0n) is 10.1. The summed E-state index contributed by atoms with van der Waals surface area (Å²) in [6, 6.07) is 5.91. The minimum atomic E-state index is -0.325. The summed E-state index contributed by atoms with van der Waals surface area (Å²) in [5, 5.41) is 12.7. The van der Waals surface area contributed by atoms with Crippen LogP contribution in [-0.2, 0) is 6.54 Å². The molecule has 1 unspecified atom stereocenters. The fourth-order valence-electron chi connectivity index (χ4n) is 1.62. The van der Waals surface area contributed by atoms with Crippen molar-refractivity contribution >= 4 is 0 Å². The first kappa shape index (κ1) is 13.1. The number of hydrogen-bond acceptors (Lipinski definition) is 4. The van der Waals surface area contributed by atoms with Gasteiger partial charge in [-0.2, -0.15) is 0 Å². The highest BCUT2D eigenvalue weighted by Gasteiger charge is 2.10. The molecule has 1 aromatic rings. The smallest absolute Gasteiger partial charge is 0.0791 e. The lowest BCUT2D eigenvalue weighted by molar-refractivity contribution is 0.111. The Bertz CT molecular complexity index is 279. The van der Waals surface area contributed by atoms with Crippen LogP contribution in [0.1, 0.15) is 12.6 Å². The second-order valence-corrected chi connectivity index (χ2v) is 3.86. The van der Waals surface area contributed by atoms with Gasteiger partial charge in [0.2, 0.25) is 0 Å². The van der Waals surface area contributed by atoms with E-state index in [-0.39, 0.29) is 6.10 Å². The molecule has 0 saturated heterocycles. The Kier molecular flexibility index (Phi) is 6.00. The third-order valence-corrected chi connectivity index (χ3v) is 2.47. The Morgan fingerprint density at radius 3 is 2.88 bits per heavy atom. The fourth-order valence-corrected chi connectivity index (χ4v) is 1.62. The summed E-state index contributed by atoms with van der Waals surface area (Å²) in [6.45, 7) is 5.09. The monoisotopic (exact) mass is 223 g/mol. The van der Waals surface area contributed by atoms with E-state index in [0.717, 1.165) is 18.8 Å². The highest BCUT2D eigenvalue weighted by atomic mass is 16.3. The molecule has 16 heavy (non-hydrogen) atoms. The number of aliphatic hydroxyl groups is 1. The summed E-state index contributed by atoms with van der Waals surface area (Å²) in [6.07, 6.45) is 1.47. The Labute approximate surface area is 97.3 Å². The molecule has 0 aliphatic rings. The zero-order chi connectivity index (χ0) is 11.8. The zero-order valence-corrected chi connectivity index (χ0v) is 10.1. The van der Waals surface area contributed by atoms with Gasteiger partial charge in [0, 0.05) is 25.8 Å². The van der Waals surface area contributed by atoms with Crippen LogP contribution < -0.4 is 5.32 Å². The van der Waals surface area contributed by atoms with E-state index in [9.17, 15) is 5.11 Å². The summed E-state index contributed by atoms with van der Waals surface area (Å²) in [7, 11) is 1.85. The molecule has 4 heteroatoms. The molecule has 0 radical (unpaired) electrons. The van der Waals surface area contributed by atoms with Crippen LogP contribution in [0.2, 0.25) is 0 Å². The number of rotatable bonds is 7. The van der Waals surface area contributed by atoms with Crippen molar-refractivity contribution in [2.45, 2.75) is 19.6 Å². The molecule has 4 nitrogen and oxygen atoms in total. The van der Waals surface area contributed by atoms with E-state index in [1.807, 2.05) is 25.2 Å². The van der Waals surface area contributed by atoms with Crippen molar-refractivity contribution in [2.24, 2.45) is 0 Å². The minimum absolute atomic E-state index is 0.325. The van der Waals surface area contributed by atoms with Gasteiger partial charge < -0.3 is 10.4 Å². The van der Waals surface area contributed by atoms with E-state index >= 15 is 0 Å². The molecule has 0 spiro atoms. The van der Waals surface area contributed by atoms with Gasteiger partial charge in [-0.1, -0.05) is 13.0 Å². The van der Waals surface area contributed by atoms with Crippen LogP contribution in [0.5, 0.6) is 0 Å². The first-order valence-electron chi connectivity index (χ1n) is 5.71. The van der Waals surface area contributed by atoms with Crippen molar-refractivity contribution in [2.75, 3.05) is 26.7 Å². The SMILES string of the molecule is CCN(Cc1ccccn1)CC(O)CNC. The van der Waals surface area contributed by atoms with Gasteiger partial charge in [0.25, 0.3) is 0 Å².